The van der Waals surface area contributed by atoms with Gasteiger partial charge in [-0.1, -0.05) is 12.5 Å². The second-order valence-electron chi connectivity index (χ2n) is 6.42. The topological polar surface area (TPSA) is 58.4 Å². The zero-order valence-electron chi connectivity index (χ0n) is 14.4. The monoisotopic (exact) mass is 327 g/mol. The van der Waals surface area contributed by atoms with Crippen LogP contribution in [0.25, 0.3) is 0 Å². The van der Waals surface area contributed by atoms with Crippen LogP contribution in [0.1, 0.15) is 49.0 Å². The third-order valence-electron chi connectivity index (χ3n) is 4.87. The Morgan fingerprint density at radius 1 is 1.29 bits per heavy atom. The first-order valence-electron chi connectivity index (χ1n) is 8.70. The third kappa shape index (κ3) is 3.08. The summed E-state index contributed by atoms with van der Waals surface area (Å²) in [5, 5.41) is 10.6. The average molecular weight is 327 g/mol. The van der Waals surface area contributed by atoms with Crippen LogP contribution in [-0.4, -0.2) is 32.6 Å². The van der Waals surface area contributed by atoms with Crippen LogP contribution in [0, 0.1) is 6.92 Å². The lowest BCUT2D eigenvalue weighted by molar-refractivity contribution is 0.183. The molecule has 2 aromatic rings. The summed E-state index contributed by atoms with van der Waals surface area (Å²) in [5.41, 5.74) is 2.11. The van der Waals surface area contributed by atoms with Gasteiger partial charge in [-0.05, 0) is 57.5 Å². The second kappa shape index (κ2) is 7.18. The number of likely N-dealkylation sites (tertiary alicyclic amines) is 1. The quantitative estimate of drug-likeness (QED) is 0.938. The lowest BCUT2D eigenvalue weighted by atomic mass is 9.96. The van der Waals surface area contributed by atoms with E-state index in [0.29, 0.717) is 12.1 Å². The molecule has 5 nitrogen and oxygen atoms in total. The molecule has 2 aromatic heterocycles. The molecule has 0 aliphatic carbocycles. The van der Waals surface area contributed by atoms with Crippen molar-refractivity contribution in [2.75, 3.05) is 13.1 Å². The molecule has 0 spiro atoms. The molecule has 128 valence electrons. The molecule has 3 heterocycles. The van der Waals surface area contributed by atoms with Crippen molar-refractivity contribution in [1.82, 2.24) is 14.5 Å². The van der Waals surface area contributed by atoms with E-state index in [-0.39, 0.29) is 17.4 Å². The van der Waals surface area contributed by atoms with Gasteiger partial charge in [0.15, 0.2) is 0 Å². The van der Waals surface area contributed by atoms with Crippen molar-refractivity contribution in [2.45, 2.75) is 45.7 Å². The molecule has 0 saturated carbocycles. The highest BCUT2D eigenvalue weighted by atomic mass is 16.3. The molecule has 0 bridgehead atoms. The molecule has 1 N–H and O–H groups in total. The number of aromatic hydroxyl groups is 1. The van der Waals surface area contributed by atoms with E-state index < -0.39 is 0 Å². The summed E-state index contributed by atoms with van der Waals surface area (Å²) in [6.45, 7) is 6.26. The van der Waals surface area contributed by atoms with Gasteiger partial charge >= 0.3 is 0 Å². The molecular weight excluding hydrogens is 302 g/mol. The third-order valence-corrected chi connectivity index (χ3v) is 4.87. The Morgan fingerprint density at radius 3 is 2.67 bits per heavy atom. The maximum Gasteiger partial charge on any atom is 0.259 e. The second-order valence-corrected chi connectivity index (χ2v) is 6.42. The number of piperidine rings is 1. The molecule has 1 aliphatic rings. The van der Waals surface area contributed by atoms with E-state index in [1.165, 1.54) is 6.42 Å². The van der Waals surface area contributed by atoms with Crippen LogP contribution < -0.4 is 5.56 Å². The molecule has 0 amide bonds. The molecule has 1 atom stereocenters. The van der Waals surface area contributed by atoms with Gasteiger partial charge in [0.2, 0.25) is 0 Å². The van der Waals surface area contributed by atoms with E-state index in [1.54, 1.807) is 23.0 Å². The minimum absolute atomic E-state index is 0.0848. The number of hydrogen-bond acceptors (Lipinski definition) is 4. The molecule has 0 aromatic carbocycles. The van der Waals surface area contributed by atoms with E-state index in [9.17, 15) is 9.90 Å². The van der Waals surface area contributed by atoms with Gasteiger partial charge in [-0.2, -0.15) is 0 Å². The Labute approximate surface area is 142 Å². The van der Waals surface area contributed by atoms with Gasteiger partial charge in [0.1, 0.15) is 5.75 Å². The lowest BCUT2D eigenvalue weighted by Gasteiger charge is -2.35. The van der Waals surface area contributed by atoms with Gasteiger partial charge in [-0.25, -0.2) is 0 Å². The molecule has 1 saturated heterocycles. The van der Waals surface area contributed by atoms with Crippen LogP contribution >= 0.6 is 0 Å². The highest BCUT2D eigenvalue weighted by Gasteiger charge is 2.29. The average Bonchev–Trinajstić information content (AvgIpc) is 2.60. The summed E-state index contributed by atoms with van der Waals surface area (Å²) in [5.74, 6) is 0.0848. The van der Waals surface area contributed by atoms with E-state index in [1.807, 2.05) is 26.0 Å². The normalized spacial score (nSPS) is 16.9. The highest BCUT2D eigenvalue weighted by Crippen LogP contribution is 2.33. The summed E-state index contributed by atoms with van der Waals surface area (Å²) in [4.78, 5) is 19.6. The lowest BCUT2D eigenvalue weighted by Crippen LogP contribution is -2.38. The van der Waals surface area contributed by atoms with Crippen LogP contribution in [0.2, 0.25) is 0 Å². The minimum atomic E-state index is -0.245. The Hall–Kier alpha value is -2.14. The predicted octanol–water partition coefficient (Wildman–Crippen LogP) is 2.85. The summed E-state index contributed by atoms with van der Waals surface area (Å²) in [7, 11) is 0. The fourth-order valence-corrected chi connectivity index (χ4v) is 3.69. The highest BCUT2D eigenvalue weighted by molar-refractivity contribution is 5.40. The molecule has 1 aliphatic heterocycles. The number of nitrogens with zero attached hydrogens (tertiary/aromatic N) is 3. The van der Waals surface area contributed by atoms with Crippen LogP contribution in [0.3, 0.4) is 0 Å². The Morgan fingerprint density at radius 2 is 2.04 bits per heavy atom. The zero-order valence-corrected chi connectivity index (χ0v) is 14.4. The van der Waals surface area contributed by atoms with Crippen LogP contribution in [-0.2, 0) is 6.54 Å². The molecule has 5 heteroatoms. The molecule has 1 fully saturated rings. The maximum atomic E-state index is 13.1. The molecule has 0 unspecified atom stereocenters. The first kappa shape index (κ1) is 16.7. The predicted molar refractivity (Wildman–Crippen MR) is 94.3 cm³/mol. The van der Waals surface area contributed by atoms with Gasteiger partial charge in [0, 0.05) is 24.6 Å². The van der Waals surface area contributed by atoms with Crippen molar-refractivity contribution >= 4 is 0 Å². The summed E-state index contributed by atoms with van der Waals surface area (Å²) >= 11 is 0. The molecule has 3 rings (SSSR count). The fourth-order valence-electron chi connectivity index (χ4n) is 3.69. The zero-order chi connectivity index (χ0) is 17.1. The van der Waals surface area contributed by atoms with E-state index in [2.05, 4.69) is 9.88 Å². The van der Waals surface area contributed by atoms with Crippen molar-refractivity contribution in [3.8, 4) is 5.75 Å². The van der Waals surface area contributed by atoms with Crippen LogP contribution in [0.15, 0.2) is 35.4 Å². The number of hydrogen-bond donors (Lipinski definition) is 1. The van der Waals surface area contributed by atoms with Crippen molar-refractivity contribution < 1.29 is 5.11 Å². The number of rotatable bonds is 4. The van der Waals surface area contributed by atoms with Crippen molar-refractivity contribution in [2.24, 2.45) is 0 Å². The molecule has 0 radical (unpaired) electrons. The van der Waals surface area contributed by atoms with Gasteiger partial charge in [0.25, 0.3) is 5.56 Å². The van der Waals surface area contributed by atoms with Gasteiger partial charge in [-0.3, -0.25) is 14.7 Å². The first-order valence-corrected chi connectivity index (χ1v) is 8.70. The van der Waals surface area contributed by atoms with Gasteiger partial charge < -0.3 is 9.67 Å². The summed E-state index contributed by atoms with van der Waals surface area (Å²) in [6, 6.07) is 5.33. The standard InChI is InChI=1S/C19H25N3O2/c1-3-22-14(2)12-16(23)17(19(22)24)18(15-8-7-9-20-13-15)21-10-5-4-6-11-21/h7-9,12-13,18,23H,3-6,10-11H2,1-2H3/t18-/m0/s1. The van der Waals surface area contributed by atoms with Gasteiger partial charge in [0.05, 0.1) is 11.6 Å². The van der Waals surface area contributed by atoms with Crippen LogP contribution in [0.5, 0.6) is 5.75 Å². The van der Waals surface area contributed by atoms with E-state index in [4.69, 9.17) is 0 Å². The molecular formula is C19H25N3O2. The number of aryl methyl sites for hydroxylation is 1. The van der Waals surface area contributed by atoms with Crippen molar-refractivity contribution in [3.63, 3.8) is 0 Å². The Kier molecular flexibility index (Phi) is 5.00. The summed E-state index contributed by atoms with van der Waals surface area (Å²) < 4.78 is 1.72. The fraction of sp³-hybridized carbons (Fsp3) is 0.474. The first-order chi connectivity index (χ1) is 11.6. The summed E-state index contributed by atoms with van der Waals surface area (Å²) in [6.07, 6.45) is 6.98. The van der Waals surface area contributed by atoms with Gasteiger partial charge in [-0.15, -0.1) is 0 Å². The number of aromatic nitrogens is 2. The molecule has 24 heavy (non-hydrogen) atoms. The van der Waals surface area contributed by atoms with Crippen LogP contribution in [0.4, 0.5) is 0 Å². The SMILES string of the molecule is CCn1c(C)cc(O)c([C@H](c2cccnc2)N2CCCCC2)c1=O. The minimum Gasteiger partial charge on any atom is -0.507 e. The van der Waals surface area contributed by atoms with Crippen molar-refractivity contribution in [1.29, 1.82) is 0 Å². The van der Waals surface area contributed by atoms with E-state index >= 15 is 0 Å². The number of pyridine rings is 2. The largest absolute Gasteiger partial charge is 0.507 e. The Bertz CT molecular complexity index is 749. The van der Waals surface area contributed by atoms with E-state index in [0.717, 1.165) is 37.2 Å². The smallest absolute Gasteiger partial charge is 0.259 e. The Balaban J connectivity index is 2.18. The van der Waals surface area contributed by atoms with Crippen molar-refractivity contribution in [3.05, 3.63) is 57.8 Å². The maximum absolute atomic E-state index is 13.1.